The molecule has 3 aromatic heterocycles. The van der Waals surface area contributed by atoms with Crippen LogP contribution in [0.3, 0.4) is 0 Å². The van der Waals surface area contributed by atoms with E-state index in [-0.39, 0.29) is 0 Å². The molecule has 3 heterocycles. The minimum absolute atomic E-state index is 0.579. The van der Waals surface area contributed by atoms with Crippen molar-refractivity contribution in [1.29, 1.82) is 0 Å². The Morgan fingerprint density at radius 2 is 2.09 bits per heavy atom. The number of nitrogens with one attached hydrogen (secondary N) is 1. The van der Waals surface area contributed by atoms with E-state index in [4.69, 9.17) is 4.74 Å². The van der Waals surface area contributed by atoms with Crippen molar-refractivity contribution in [3.63, 3.8) is 0 Å². The molecule has 0 aliphatic carbocycles. The summed E-state index contributed by atoms with van der Waals surface area (Å²) in [4.78, 5) is 19.9. The fourth-order valence-corrected chi connectivity index (χ4v) is 2.98. The van der Waals surface area contributed by atoms with Gasteiger partial charge in [-0.2, -0.15) is 0 Å². The van der Waals surface area contributed by atoms with Gasteiger partial charge in [0.2, 0.25) is 5.95 Å². The lowest BCUT2D eigenvalue weighted by atomic mass is 10.1. The Bertz CT molecular complexity index is 775. The maximum Gasteiger partial charge on any atom is 0.223 e. The average molecular weight is 327 g/mol. The van der Waals surface area contributed by atoms with Crippen LogP contribution < -0.4 is 5.32 Å². The zero-order valence-corrected chi connectivity index (χ0v) is 13.8. The molecule has 0 bridgehead atoms. The van der Waals surface area contributed by atoms with Crippen LogP contribution in [0.25, 0.3) is 21.8 Å². The molecule has 7 heteroatoms. The Balaban J connectivity index is 2.01. The molecule has 6 nitrogen and oxygen atoms in total. The van der Waals surface area contributed by atoms with E-state index in [2.05, 4.69) is 44.3 Å². The molecule has 1 N–H and O–H groups in total. The highest BCUT2D eigenvalue weighted by Crippen LogP contribution is 2.33. The summed E-state index contributed by atoms with van der Waals surface area (Å²) in [5, 5.41) is 3.16. The highest BCUT2D eigenvalue weighted by Gasteiger charge is 2.14. The van der Waals surface area contributed by atoms with Crippen LogP contribution in [0.1, 0.15) is 4.88 Å². The van der Waals surface area contributed by atoms with E-state index >= 15 is 0 Å². The summed E-state index contributed by atoms with van der Waals surface area (Å²) in [5.41, 5.74) is 2.49. The number of nitrogens with zero attached hydrogens (tertiary/aromatic N) is 4. The van der Waals surface area contributed by atoms with E-state index in [0.717, 1.165) is 21.8 Å². The fraction of sp³-hybridized carbons (Fsp3) is 0.250. The lowest BCUT2D eigenvalue weighted by molar-refractivity contribution is 0.210. The van der Waals surface area contributed by atoms with Crippen molar-refractivity contribution in [2.75, 3.05) is 25.6 Å². The average Bonchev–Trinajstić information content (AvgIpc) is 3.02. The van der Waals surface area contributed by atoms with Crippen LogP contribution >= 0.6 is 11.3 Å². The third-order valence-corrected chi connectivity index (χ3v) is 4.20. The van der Waals surface area contributed by atoms with E-state index in [1.165, 1.54) is 4.88 Å². The number of aromatic nitrogens is 4. The summed E-state index contributed by atoms with van der Waals surface area (Å²) >= 11 is 1.70. The molecule has 0 atom stereocenters. The monoisotopic (exact) mass is 327 g/mol. The van der Waals surface area contributed by atoms with Gasteiger partial charge in [0.05, 0.1) is 29.1 Å². The third kappa shape index (κ3) is 3.69. The van der Waals surface area contributed by atoms with Gasteiger partial charge < -0.3 is 10.1 Å². The van der Waals surface area contributed by atoms with Gasteiger partial charge in [0.25, 0.3) is 0 Å². The van der Waals surface area contributed by atoms with E-state index in [1.807, 2.05) is 0 Å². The van der Waals surface area contributed by atoms with Crippen LogP contribution in [0.4, 0.5) is 5.95 Å². The number of hydrogen-bond acceptors (Lipinski definition) is 7. The van der Waals surface area contributed by atoms with Gasteiger partial charge in [0.1, 0.15) is 0 Å². The maximum absolute atomic E-state index is 5.04. The zero-order chi connectivity index (χ0) is 16.1. The lowest BCUT2D eigenvalue weighted by Gasteiger charge is -2.09. The molecule has 3 aromatic rings. The van der Waals surface area contributed by atoms with Crippen LogP contribution in [-0.4, -0.2) is 40.2 Å². The van der Waals surface area contributed by atoms with Crippen molar-refractivity contribution in [2.24, 2.45) is 0 Å². The zero-order valence-electron chi connectivity index (χ0n) is 13.0. The summed E-state index contributed by atoms with van der Waals surface area (Å²) in [6, 6.07) is 4.15. The number of methoxy groups -OCH3 is 1. The van der Waals surface area contributed by atoms with Crippen molar-refractivity contribution in [3.8, 4) is 21.8 Å². The lowest BCUT2D eigenvalue weighted by Crippen LogP contribution is -2.10. The van der Waals surface area contributed by atoms with Crippen LogP contribution in [0.2, 0.25) is 0 Å². The molecule has 0 saturated carbocycles. The molecule has 0 amide bonds. The summed E-state index contributed by atoms with van der Waals surface area (Å²) in [6.45, 7) is 3.34. The number of ether oxygens (including phenoxy) is 1. The molecule has 0 aromatic carbocycles. The molecular weight excluding hydrogens is 310 g/mol. The van der Waals surface area contributed by atoms with Crippen LogP contribution in [0.15, 0.2) is 36.9 Å². The number of rotatable bonds is 6. The van der Waals surface area contributed by atoms with Gasteiger partial charge in [-0.25, -0.2) is 9.97 Å². The standard InChI is InChI=1S/C16H17N5OS/c1-11-3-4-14(23-11)15-12(13-10-17-5-6-18-13)9-20-16(21-15)19-7-8-22-2/h3-6,9-10H,7-8H2,1-2H3,(H,19,20,21). The summed E-state index contributed by atoms with van der Waals surface area (Å²) in [5.74, 6) is 0.579. The molecule has 23 heavy (non-hydrogen) atoms. The normalized spacial score (nSPS) is 10.7. The molecule has 0 aliphatic rings. The topological polar surface area (TPSA) is 72.8 Å². The largest absolute Gasteiger partial charge is 0.383 e. The SMILES string of the molecule is COCCNc1ncc(-c2cnccn2)c(-c2ccc(C)s2)n1. The summed E-state index contributed by atoms with van der Waals surface area (Å²) in [6.07, 6.45) is 6.83. The van der Waals surface area contributed by atoms with Crippen molar-refractivity contribution >= 4 is 17.3 Å². The van der Waals surface area contributed by atoms with Crippen molar-refractivity contribution in [3.05, 3.63) is 41.8 Å². The van der Waals surface area contributed by atoms with Crippen molar-refractivity contribution in [1.82, 2.24) is 19.9 Å². The number of hydrogen-bond donors (Lipinski definition) is 1. The Labute approximate surface area is 138 Å². The molecule has 0 aliphatic heterocycles. The summed E-state index contributed by atoms with van der Waals surface area (Å²) in [7, 11) is 1.67. The highest BCUT2D eigenvalue weighted by atomic mass is 32.1. The molecule has 0 unspecified atom stereocenters. The Hall–Kier alpha value is -2.38. The van der Waals surface area contributed by atoms with Gasteiger partial charge in [-0.15, -0.1) is 11.3 Å². The minimum Gasteiger partial charge on any atom is -0.383 e. The maximum atomic E-state index is 5.04. The number of thiophene rings is 1. The quantitative estimate of drug-likeness (QED) is 0.702. The minimum atomic E-state index is 0.579. The number of aryl methyl sites for hydroxylation is 1. The third-order valence-electron chi connectivity index (χ3n) is 3.19. The smallest absolute Gasteiger partial charge is 0.223 e. The Morgan fingerprint density at radius 3 is 2.78 bits per heavy atom. The first kappa shape index (κ1) is 15.5. The predicted molar refractivity (Wildman–Crippen MR) is 91.5 cm³/mol. The first-order valence-electron chi connectivity index (χ1n) is 7.21. The molecule has 118 valence electrons. The fourth-order valence-electron chi connectivity index (χ4n) is 2.11. The van der Waals surface area contributed by atoms with E-state index in [0.29, 0.717) is 19.1 Å². The van der Waals surface area contributed by atoms with Crippen molar-refractivity contribution < 1.29 is 4.74 Å². The predicted octanol–water partition coefficient (Wildman–Crippen LogP) is 3.03. The van der Waals surface area contributed by atoms with Crippen molar-refractivity contribution in [2.45, 2.75) is 6.92 Å². The van der Waals surface area contributed by atoms with Gasteiger partial charge in [0, 0.05) is 42.7 Å². The van der Waals surface area contributed by atoms with Gasteiger partial charge in [-0.1, -0.05) is 0 Å². The Morgan fingerprint density at radius 1 is 1.17 bits per heavy atom. The molecule has 0 radical (unpaired) electrons. The second kappa shape index (κ2) is 7.26. The number of anilines is 1. The van der Waals surface area contributed by atoms with E-state index < -0.39 is 0 Å². The van der Waals surface area contributed by atoms with E-state index in [1.54, 1.807) is 43.2 Å². The molecule has 0 fully saturated rings. The first-order valence-corrected chi connectivity index (χ1v) is 8.02. The van der Waals surface area contributed by atoms with Crippen LogP contribution in [-0.2, 0) is 4.74 Å². The molecular formula is C16H17N5OS. The van der Waals surface area contributed by atoms with Gasteiger partial charge in [-0.05, 0) is 19.1 Å². The van der Waals surface area contributed by atoms with Crippen LogP contribution in [0, 0.1) is 6.92 Å². The molecule has 0 saturated heterocycles. The highest BCUT2D eigenvalue weighted by molar-refractivity contribution is 7.15. The Kier molecular flexibility index (Phi) is 4.89. The van der Waals surface area contributed by atoms with Gasteiger partial charge in [0.15, 0.2) is 0 Å². The van der Waals surface area contributed by atoms with Gasteiger partial charge >= 0.3 is 0 Å². The van der Waals surface area contributed by atoms with E-state index in [9.17, 15) is 0 Å². The van der Waals surface area contributed by atoms with Gasteiger partial charge in [-0.3, -0.25) is 9.97 Å². The van der Waals surface area contributed by atoms with Crippen LogP contribution in [0.5, 0.6) is 0 Å². The second-order valence-electron chi connectivity index (χ2n) is 4.88. The summed E-state index contributed by atoms with van der Waals surface area (Å²) < 4.78 is 5.04. The second-order valence-corrected chi connectivity index (χ2v) is 6.16. The molecule has 0 spiro atoms. The first-order chi connectivity index (χ1) is 11.3. The molecule has 3 rings (SSSR count).